The lowest BCUT2D eigenvalue weighted by Gasteiger charge is -2.36. The van der Waals surface area contributed by atoms with E-state index in [1.165, 1.54) is 35.7 Å². The molecule has 0 aliphatic carbocycles. The lowest BCUT2D eigenvalue weighted by Crippen LogP contribution is -2.46. The molecule has 2 saturated heterocycles. The molecule has 160 valence electrons. The smallest absolute Gasteiger partial charge is 0.411 e. The highest BCUT2D eigenvalue weighted by Crippen LogP contribution is 2.27. The molecule has 2 fully saturated rings. The molecule has 2 aliphatic heterocycles. The van der Waals surface area contributed by atoms with E-state index in [-0.39, 0.29) is 16.7 Å². The van der Waals surface area contributed by atoms with Crippen molar-refractivity contribution in [3.8, 4) is 0 Å². The molecule has 0 spiro atoms. The van der Waals surface area contributed by atoms with Crippen molar-refractivity contribution in [1.82, 2.24) is 9.21 Å². The molecule has 9 heteroatoms. The van der Waals surface area contributed by atoms with Crippen LogP contribution in [0.4, 0.5) is 10.5 Å². The highest BCUT2D eigenvalue weighted by Gasteiger charge is 2.34. The molecule has 2 aliphatic rings. The van der Waals surface area contributed by atoms with Gasteiger partial charge < -0.3 is 9.64 Å². The van der Waals surface area contributed by atoms with Crippen molar-refractivity contribution < 1.29 is 22.7 Å². The van der Waals surface area contributed by atoms with Crippen LogP contribution in [-0.2, 0) is 19.6 Å². The molecule has 1 atom stereocenters. The Kier molecular flexibility index (Phi) is 6.79. The number of carbonyl (C=O) groups is 2. The van der Waals surface area contributed by atoms with E-state index in [2.05, 4.69) is 17.0 Å². The largest absolute Gasteiger partial charge is 0.453 e. The topological polar surface area (TPSA) is 96.0 Å². The monoisotopic (exact) mass is 423 g/mol. The molecule has 8 nitrogen and oxygen atoms in total. The van der Waals surface area contributed by atoms with E-state index in [1.807, 2.05) is 4.90 Å². The van der Waals surface area contributed by atoms with Crippen molar-refractivity contribution in [1.29, 1.82) is 0 Å². The summed E-state index contributed by atoms with van der Waals surface area (Å²) in [6, 6.07) is 5.98. The predicted molar refractivity (Wildman–Crippen MR) is 109 cm³/mol. The molecule has 0 aromatic heterocycles. The average molecular weight is 424 g/mol. The lowest BCUT2D eigenvalue weighted by atomic mass is 9.93. The third-order valence-corrected chi connectivity index (χ3v) is 7.61. The normalized spacial score (nSPS) is 21.6. The van der Waals surface area contributed by atoms with Crippen LogP contribution in [0.5, 0.6) is 0 Å². The van der Waals surface area contributed by atoms with Gasteiger partial charge in [-0.05, 0) is 55.9 Å². The first kappa shape index (κ1) is 21.6. The number of amides is 2. The number of piperidine rings is 2. The van der Waals surface area contributed by atoms with Crippen LogP contribution in [0, 0.1) is 11.8 Å². The van der Waals surface area contributed by atoms with Gasteiger partial charge in [-0.1, -0.05) is 6.92 Å². The molecule has 0 radical (unpaired) electrons. The highest BCUT2D eigenvalue weighted by atomic mass is 32.2. The van der Waals surface area contributed by atoms with Gasteiger partial charge in [-0.25, -0.2) is 13.2 Å². The van der Waals surface area contributed by atoms with Crippen molar-refractivity contribution in [2.24, 2.45) is 11.8 Å². The second-order valence-electron chi connectivity index (χ2n) is 7.85. The van der Waals surface area contributed by atoms with Gasteiger partial charge >= 0.3 is 6.09 Å². The summed E-state index contributed by atoms with van der Waals surface area (Å²) in [6.07, 6.45) is 2.68. The van der Waals surface area contributed by atoms with Gasteiger partial charge in [0.2, 0.25) is 15.9 Å². The Morgan fingerprint density at radius 1 is 1.07 bits per heavy atom. The van der Waals surface area contributed by atoms with Gasteiger partial charge in [0, 0.05) is 37.8 Å². The Balaban J connectivity index is 1.59. The van der Waals surface area contributed by atoms with Gasteiger partial charge in [0.05, 0.1) is 12.0 Å². The van der Waals surface area contributed by atoms with Crippen LogP contribution < -0.4 is 5.32 Å². The molecule has 0 saturated carbocycles. The minimum atomic E-state index is -3.63. The SMILES string of the molecule is COC(=O)Nc1ccc(S(=O)(=O)N2CCC(C(=O)N3CCC[C@@H](C)C3)CC2)cc1. The first-order chi connectivity index (χ1) is 13.8. The fraction of sp³-hybridized carbons (Fsp3) is 0.600. The summed E-state index contributed by atoms with van der Waals surface area (Å²) < 4.78 is 31.8. The molecule has 1 aromatic carbocycles. The molecule has 0 bridgehead atoms. The number of methoxy groups -OCH3 is 1. The van der Waals surface area contributed by atoms with Crippen LogP contribution in [0.2, 0.25) is 0 Å². The number of hydrogen-bond acceptors (Lipinski definition) is 5. The first-order valence-electron chi connectivity index (χ1n) is 10.0. The van der Waals surface area contributed by atoms with Gasteiger partial charge in [-0.15, -0.1) is 0 Å². The molecule has 29 heavy (non-hydrogen) atoms. The van der Waals surface area contributed by atoms with Crippen molar-refractivity contribution >= 4 is 27.7 Å². The number of nitrogens with zero attached hydrogens (tertiary/aromatic N) is 2. The van der Waals surface area contributed by atoms with Gasteiger partial charge in [0.15, 0.2) is 0 Å². The highest BCUT2D eigenvalue weighted by molar-refractivity contribution is 7.89. The van der Waals surface area contributed by atoms with Crippen LogP contribution in [-0.4, -0.2) is 62.9 Å². The van der Waals surface area contributed by atoms with E-state index < -0.39 is 16.1 Å². The summed E-state index contributed by atoms with van der Waals surface area (Å²) in [5.74, 6) is 0.607. The van der Waals surface area contributed by atoms with Crippen LogP contribution in [0.1, 0.15) is 32.6 Å². The number of sulfonamides is 1. The van der Waals surface area contributed by atoms with E-state index in [0.717, 1.165) is 25.9 Å². The molecule has 2 heterocycles. The maximum atomic E-state index is 12.9. The van der Waals surface area contributed by atoms with Crippen LogP contribution in [0.3, 0.4) is 0 Å². The molecule has 0 unspecified atom stereocenters. The van der Waals surface area contributed by atoms with E-state index in [4.69, 9.17) is 0 Å². The fourth-order valence-corrected chi connectivity index (χ4v) is 5.49. The molecular weight excluding hydrogens is 394 g/mol. The number of rotatable bonds is 4. The van der Waals surface area contributed by atoms with Gasteiger partial charge in [0.25, 0.3) is 0 Å². The van der Waals surface area contributed by atoms with Crippen molar-refractivity contribution in [3.05, 3.63) is 24.3 Å². The third kappa shape index (κ3) is 5.08. The number of anilines is 1. The standard InChI is InChI=1S/C20H29N3O5S/c1-15-4-3-11-22(14-15)19(24)16-9-12-23(13-10-16)29(26,27)18-7-5-17(6-8-18)21-20(25)28-2/h5-8,15-16H,3-4,9-14H2,1-2H3,(H,21,25)/t15-/m1/s1. The predicted octanol–water partition coefficient (Wildman–Crippen LogP) is 2.52. The Morgan fingerprint density at radius 2 is 1.72 bits per heavy atom. The number of carbonyl (C=O) groups excluding carboxylic acids is 2. The average Bonchev–Trinajstić information content (AvgIpc) is 2.73. The van der Waals surface area contributed by atoms with Gasteiger partial charge in [-0.3, -0.25) is 10.1 Å². The van der Waals surface area contributed by atoms with Crippen LogP contribution in [0.15, 0.2) is 29.2 Å². The number of nitrogens with one attached hydrogen (secondary N) is 1. The Hall–Kier alpha value is -2.13. The second kappa shape index (κ2) is 9.13. The Labute approximate surface area is 172 Å². The molecule has 1 N–H and O–H groups in total. The summed E-state index contributed by atoms with van der Waals surface area (Å²) in [6.45, 7) is 4.46. The van der Waals surface area contributed by atoms with Crippen molar-refractivity contribution in [2.75, 3.05) is 38.6 Å². The number of ether oxygens (including phenoxy) is 1. The maximum absolute atomic E-state index is 12.9. The van der Waals surface area contributed by atoms with Crippen molar-refractivity contribution in [3.63, 3.8) is 0 Å². The van der Waals surface area contributed by atoms with E-state index in [9.17, 15) is 18.0 Å². The number of hydrogen-bond donors (Lipinski definition) is 1. The van der Waals surface area contributed by atoms with E-state index >= 15 is 0 Å². The lowest BCUT2D eigenvalue weighted by molar-refractivity contribution is -0.138. The van der Waals surface area contributed by atoms with Crippen LogP contribution >= 0.6 is 0 Å². The molecule has 2 amide bonds. The van der Waals surface area contributed by atoms with Crippen LogP contribution in [0.25, 0.3) is 0 Å². The Bertz CT molecular complexity index is 832. The van der Waals surface area contributed by atoms with Gasteiger partial charge in [0.1, 0.15) is 0 Å². The number of benzene rings is 1. The summed E-state index contributed by atoms with van der Waals surface area (Å²) in [5.41, 5.74) is 0.455. The van der Waals surface area contributed by atoms with Crippen molar-refractivity contribution in [2.45, 2.75) is 37.5 Å². The summed E-state index contributed by atoms with van der Waals surface area (Å²) in [5, 5.41) is 2.49. The first-order valence-corrected chi connectivity index (χ1v) is 11.5. The van der Waals surface area contributed by atoms with Gasteiger partial charge in [-0.2, -0.15) is 4.31 Å². The molecule has 1 aromatic rings. The summed E-state index contributed by atoms with van der Waals surface area (Å²) in [7, 11) is -2.37. The van der Waals surface area contributed by atoms with E-state index in [0.29, 0.717) is 37.5 Å². The second-order valence-corrected chi connectivity index (χ2v) is 9.79. The third-order valence-electron chi connectivity index (χ3n) is 5.70. The Morgan fingerprint density at radius 3 is 2.31 bits per heavy atom. The fourth-order valence-electron chi connectivity index (χ4n) is 4.02. The molecule has 3 rings (SSSR count). The summed E-state index contributed by atoms with van der Waals surface area (Å²) >= 11 is 0. The zero-order valence-electron chi connectivity index (χ0n) is 17.0. The zero-order chi connectivity index (χ0) is 21.0. The molecular formula is C20H29N3O5S. The quantitative estimate of drug-likeness (QED) is 0.803. The minimum Gasteiger partial charge on any atom is -0.453 e. The zero-order valence-corrected chi connectivity index (χ0v) is 17.8. The minimum absolute atomic E-state index is 0.0987. The summed E-state index contributed by atoms with van der Waals surface area (Å²) in [4.78, 5) is 26.1. The maximum Gasteiger partial charge on any atom is 0.411 e. The van der Waals surface area contributed by atoms with E-state index in [1.54, 1.807) is 0 Å². The number of likely N-dealkylation sites (tertiary alicyclic amines) is 1.